The van der Waals surface area contributed by atoms with Crippen LogP contribution in [-0.4, -0.2) is 46.6 Å². The third-order valence-corrected chi connectivity index (χ3v) is 5.68. The number of imidazole rings is 1. The summed E-state index contributed by atoms with van der Waals surface area (Å²) in [5, 5.41) is 11.9. The molecule has 0 radical (unpaired) electrons. The first-order chi connectivity index (χ1) is 16.8. The summed E-state index contributed by atoms with van der Waals surface area (Å²) in [6.07, 6.45) is 10.8. The summed E-state index contributed by atoms with van der Waals surface area (Å²) in [5.74, 6) is 0.663. The largest absolute Gasteiger partial charge is 0.336 e. The quantitative estimate of drug-likeness (QED) is 0.351. The van der Waals surface area contributed by atoms with Gasteiger partial charge in [0, 0.05) is 54.0 Å². The number of nitrogens with zero attached hydrogens (tertiary/aromatic N) is 6. The lowest BCUT2D eigenvalue weighted by Gasteiger charge is -2.05. The molecule has 0 aliphatic heterocycles. The molecule has 6 aromatic rings. The van der Waals surface area contributed by atoms with Crippen LogP contribution in [0.3, 0.4) is 0 Å². The van der Waals surface area contributed by atoms with E-state index in [1.807, 2.05) is 36.7 Å². The molecule has 0 spiro atoms. The molecule has 0 aromatic carbocycles. The Balaban J connectivity index is 1.44. The first-order valence-electron chi connectivity index (χ1n) is 11.0. The Labute approximate surface area is 194 Å². The number of hydrogen-bond donors (Lipinski definition) is 3. The fourth-order valence-corrected chi connectivity index (χ4v) is 4.01. The van der Waals surface area contributed by atoms with Gasteiger partial charge in [0.15, 0.2) is 5.82 Å². The molecule has 34 heavy (non-hydrogen) atoms. The third-order valence-electron chi connectivity index (χ3n) is 5.68. The maximum absolute atomic E-state index is 4.86. The molecule has 6 rings (SSSR count). The lowest BCUT2D eigenvalue weighted by atomic mass is 10.1. The predicted octanol–water partition coefficient (Wildman–Crippen LogP) is 4.13. The highest BCUT2D eigenvalue weighted by Crippen LogP contribution is 2.31. The molecule has 6 aromatic heterocycles. The van der Waals surface area contributed by atoms with Crippen LogP contribution in [0.2, 0.25) is 0 Å². The summed E-state index contributed by atoms with van der Waals surface area (Å²) < 4.78 is 0. The molecule has 3 N–H and O–H groups in total. The Hall–Kier alpha value is -4.50. The zero-order valence-electron chi connectivity index (χ0n) is 18.4. The average molecular weight is 448 g/mol. The molecule has 0 bridgehead atoms. The number of aromatic nitrogens is 8. The summed E-state index contributed by atoms with van der Waals surface area (Å²) in [7, 11) is 0. The summed E-state index contributed by atoms with van der Waals surface area (Å²) in [4.78, 5) is 26.0. The van der Waals surface area contributed by atoms with Crippen LogP contribution >= 0.6 is 0 Å². The standard InChI is InChI=1S/C25H21N9/c1-2-26-10-15-8-17(13-28-11-15)20-9-18-21(14-30-20)33-34-23(18)25-31-19-5-7-29-22(24(19)32-25)16-4-3-6-27-12-16/h3-9,11-14,26H,2,10H2,1H3,(H,31,32)(H,33,34). The molecule has 0 aliphatic rings. The van der Waals surface area contributed by atoms with Gasteiger partial charge in [-0.05, 0) is 42.4 Å². The third kappa shape index (κ3) is 3.57. The van der Waals surface area contributed by atoms with Gasteiger partial charge in [-0.1, -0.05) is 6.92 Å². The Morgan fingerprint density at radius 2 is 1.82 bits per heavy atom. The van der Waals surface area contributed by atoms with Gasteiger partial charge in [0.25, 0.3) is 0 Å². The van der Waals surface area contributed by atoms with Crippen LogP contribution in [-0.2, 0) is 6.54 Å². The molecule has 9 heteroatoms. The molecule has 0 amide bonds. The van der Waals surface area contributed by atoms with E-state index in [0.29, 0.717) is 5.82 Å². The SMILES string of the molecule is CCNCc1cncc(-c2cc3c(-c4nc5c(-c6cccnc6)nccc5[nH]4)n[nH]c3cn2)c1. The van der Waals surface area contributed by atoms with Gasteiger partial charge in [0.2, 0.25) is 0 Å². The monoisotopic (exact) mass is 447 g/mol. The van der Waals surface area contributed by atoms with E-state index in [9.17, 15) is 0 Å². The van der Waals surface area contributed by atoms with E-state index in [4.69, 9.17) is 4.98 Å². The van der Waals surface area contributed by atoms with Gasteiger partial charge < -0.3 is 10.3 Å². The smallest absolute Gasteiger partial charge is 0.159 e. The highest BCUT2D eigenvalue weighted by atomic mass is 15.1. The molecule has 0 atom stereocenters. The lowest BCUT2D eigenvalue weighted by molar-refractivity contribution is 0.724. The van der Waals surface area contributed by atoms with E-state index >= 15 is 0 Å². The van der Waals surface area contributed by atoms with E-state index in [1.54, 1.807) is 24.8 Å². The van der Waals surface area contributed by atoms with Gasteiger partial charge in [0.05, 0.1) is 28.6 Å². The Kier molecular flexibility index (Phi) is 5.00. The molecule has 0 saturated heterocycles. The first kappa shape index (κ1) is 20.1. The van der Waals surface area contributed by atoms with Crippen LogP contribution in [0.5, 0.6) is 0 Å². The van der Waals surface area contributed by atoms with Crippen molar-refractivity contribution in [3.8, 4) is 34.0 Å². The number of aromatic amines is 2. The Bertz CT molecular complexity index is 1600. The molecular weight excluding hydrogens is 426 g/mol. The number of pyridine rings is 4. The van der Waals surface area contributed by atoms with Crippen molar-refractivity contribution in [1.29, 1.82) is 0 Å². The topological polar surface area (TPSA) is 121 Å². The van der Waals surface area contributed by atoms with Crippen molar-refractivity contribution in [3.05, 3.63) is 73.1 Å². The van der Waals surface area contributed by atoms with Gasteiger partial charge in [0.1, 0.15) is 11.2 Å². The molecule has 9 nitrogen and oxygen atoms in total. The molecule has 0 fully saturated rings. The van der Waals surface area contributed by atoms with Gasteiger partial charge >= 0.3 is 0 Å². The van der Waals surface area contributed by atoms with Crippen molar-refractivity contribution in [3.63, 3.8) is 0 Å². The zero-order chi connectivity index (χ0) is 22.9. The second-order valence-corrected chi connectivity index (χ2v) is 7.93. The van der Waals surface area contributed by atoms with Crippen molar-refractivity contribution in [2.45, 2.75) is 13.5 Å². The summed E-state index contributed by atoms with van der Waals surface area (Å²) in [5.41, 5.74) is 7.80. The maximum Gasteiger partial charge on any atom is 0.159 e. The van der Waals surface area contributed by atoms with Crippen LogP contribution in [0.15, 0.2) is 67.5 Å². The minimum atomic E-state index is 0.663. The van der Waals surface area contributed by atoms with Gasteiger partial charge in [-0.25, -0.2) is 4.98 Å². The van der Waals surface area contributed by atoms with E-state index in [1.165, 1.54) is 0 Å². The normalized spacial score (nSPS) is 11.4. The maximum atomic E-state index is 4.86. The second-order valence-electron chi connectivity index (χ2n) is 7.93. The van der Waals surface area contributed by atoms with Crippen molar-refractivity contribution in [2.24, 2.45) is 0 Å². The van der Waals surface area contributed by atoms with E-state index in [2.05, 4.69) is 53.4 Å². The van der Waals surface area contributed by atoms with Crippen molar-refractivity contribution in [1.82, 2.24) is 45.4 Å². The molecule has 0 aliphatic carbocycles. The van der Waals surface area contributed by atoms with Gasteiger partial charge in [-0.2, -0.15) is 5.10 Å². The molecule has 166 valence electrons. The summed E-state index contributed by atoms with van der Waals surface area (Å²) in [6.45, 7) is 3.76. The van der Waals surface area contributed by atoms with Gasteiger partial charge in [-0.15, -0.1) is 0 Å². The van der Waals surface area contributed by atoms with Crippen molar-refractivity contribution < 1.29 is 0 Å². The first-order valence-corrected chi connectivity index (χ1v) is 11.0. The zero-order valence-corrected chi connectivity index (χ0v) is 18.4. The summed E-state index contributed by atoms with van der Waals surface area (Å²) >= 11 is 0. The van der Waals surface area contributed by atoms with E-state index in [-0.39, 0.29) is 0 Å². The Morgan fingerprint density at radius 3 is 2.71 bits per heavy atom. The Morgan fingerprint density at radius 1 is 0.882 bits per heavy atom. The fourth-order valence-electron chi connectivity index (χ4n) is 4.01. The second kappa shape index (κ2) is 8.45. The van der Waals surface area contributed by atoms with Crippen molar-refractivity contribution in [2.75, 3.05) is 6.54 Å². The van der Waals surface area contributed by atoms with Crippen LogP contribution in [0.1, 0.15) is 12.5 Å². The van der Waals surface area contributed by atoms with Crippen molar-refractivity contribution >= 4 is 21.9 Å². The highest BCUT2D eigenvalue weighted by molar-refractivity contribution is 5.96. The molecule has 0 unspecified atom stereocenters. The van der Waals surface area contributed by atoms with Crippen LogP contribution < -0.4 is 5.32 Å². The van der Waals surface area contributed by atoms with Crippen LogP contribution in [0.25, 0.3) is 56.0 Å². The predicted molar refractivity (Wildman–Crippen MR) is 131 cm³/mol. The molecular formula is C25H21N9. The summed E-state index contributed by atoms with van der Waals surface area (Å²) in [6, 6.07) is 9.91. The minimum absolute atomic E-state index is 0.663. The minimum Gasteiger partial charge on any atom is -0.336 e. The van der Waals surface area contributed by atoms with Crippen LogP contribution in [0, 0.1) is 0 Å². The van der Waals surface area contributed by atoms with E-state index < -0.39 is 0 Å². The number of fused-ring (bicyclic) bond motifs is 2. The average Bonchev–Trinajstić information content (AvgIpc) is 3.51. The van der Waals surface area contributed by atoms with E-state index in [0.717, 1.165) is 68.8 Å². The van der Waals surface area contributed by atoms with Crippen LogP contribution in [0.4, 0.5) is 0 Å². The molecule has 0 saturated carbocycles. The number of rotatable bonds is 6. The number of H-pyrrole nitrogens is 2. The van der Waals surface area contributed by atoms with Gasteiger partial charge in [-0.3, -0.25) is 25.0 Å². The molecule has 6 heterocycles. The highest BCUT2D eigenvalue weighted by Gasteiger charge is 2.17. The number of hydrogen-bond acceptors (Lipinski definition) is 7. The number of nitrogens with one attached hydrogen (secondary N) is 3. The lowest BCUT2D eigenvalue weighted by Crippen LogP contribution is -2.11. The fraction of sp³-hybridized carbons (Fsp3) is 0.120.